The number of rotatable bonds is 12. The molecular weight excluding hydrogens is 548 g/mol. The molecule has 43 heavy (non-hydrogen) atoms. The molecule has 2 heterocycles. The molecule has 2 fully saturated rings. The number of nitrogens with zero attached hydrogens (tertiary/aromatic N) is 2. The fourth-order valence-electron chi connectivity index (χ4n) is 3.88. The van der Waals surface area contributed by atoms with Crippen LogP contribution in [-0.2, 0) is 18.9 Å². The van der Waals surface area contributed by atoms with Crippen LogP contribution < -0.4 is 4.74 Å². The first-order valence-corrected chi connectivity index (χ1v) is 13.8. The normalized spacial score (nSPS) is 17.1. The molecule has 0 N–H and O–H groups in total. The molecule has 2 atom stereocenters. The predicted octanol–water partition coefficient (Wildman–Crippen LogP) is 6.09. The zero-order valence-electron chi connectivity index (χ0n) is 23.1. The maximum atomic E-state index is 12.0. The lowest BCUT2D eigenvalue weighted by molar-refractivity contribution is 0.0468. The number of carbonyl (C=O) groups is 2. The number of hydrogen-bond acceptors (Lipinski definition) is 9. The highest BCUT2D eigenvalue weighted by Gasteiger charge is 2.25. The van der Waals surface area contributed by atoms with Gasteiger partial charge >= 0.3 is 11.9 Å². The number of benzene rings is 4. The highest BCUT2D eigenvalue weighted by Crippen LogP contribution is 2.26. The second-order valence-electron chi connectivity index (χ2n) is 9.96. The number of aliphatic imine (C=N–C) groups is 2. The number of esters is 2. The molecule has 2 aliphatic heterocycles. The molecular formula is C34H28N2O7. The second kappa shape index (κ2) is 13.2. The van der Waals surface area contributed by atoms with Gasteiger partial charge in [-0.3, -0.25) is 9.98 Å². The van der Waals surface area contributed by atoms with Gasteiger partial charge in [-0.2, -0.15) is 0 Å². The van der Waals surface area contributed by atoms with Crippen LogP contribution in [0.2, 0.25) is 0 Å². The van der Waals surface area contributed by atoms with Gasteiger partial charge in [0, 0.05) is 12.4 Å². The topological polar surface area (TPSA) is 112 Å². The van der Waals surface area contributed by atoms with E-state index in [0.29, 0.717) is 35.8 Å². The molecule has 0 aromatic heterocycles. The summed E-state index contributed by atoms with van der Waals surface area (Å²) >= 11 is 0. The summed E-state index contributed by atoms with van der Waals surface area (Å²) in [5, 5.41) is 0. The maximum Gasteiger partial charge on any atom is 0.338 e. The van der Waals surface area contributed by atoms with Crippen molar-refractivity contribution in [2.75, 3.05) is 26.4 Å². The molecule has 4 aromatic carbocycles. The number of ether oxygens (including phenoxy) is 5. The summed E-state index contributed by atoms with van der Waals surface area (Å²) in [5.41, 5.74) is 4.24. The summed E-state index contributed by atoms with van der Waals surface area (Å²) in [6.45, 7) is 1.88. The molecule has 0 radical (unpaired) electrons. The number of epoxide rings is 2. The van der Waals surface area contributed by atoms with Crippen molar-refractivity contribution in [3.63, 3.8) is 0 Å². The lowest BCUT2D eigenvalue weighted by Crippen LogP contribution is -2.09. The van der Waals surface area contributed by atoms with Crippen molar-refractivity contribution in [2.24, 2.45) is 9.98 Å². The molecule has 0 spiro atoms. The lowest BCUT2D eigenvalue weighted by atomic mass is 10.1. The van der Waals surface area contributed by atoms with Crippen molar-refractivity contribution in [3.05, 3.63) is 119 Å². The summed E-state index contributed by atoms with van der Waals surface area (Å²) in [4.78, 5) is 33.1. The highest BCUT2D eigenvalue weighted by molar-refractivity contribution is 5.92. The molecule has 4 aromatic rings. The minimum atomic E-state index is -0.361. The van der Waals surface area contributed by atoms with E-state index in [9.17, 15) is 9.59 Å². The van der Waals surface area contributed by atoms with E-state index >= 15 is 0 Å². The SMILES string of the molecule is O=C(OCC1CO1)c1ccc(C=Nc2ccc(Oc3ccc(N=Cc4ccc(C(=O)OCC5CO5)cc4)cc3)cc2)cc1. The Balaban J connectivity index is 0.970. The standard InChI is InChI=1S/C34H28N2O7/c37-33(41-21-31-19-39-31)25-5-1-23(2-6-25)17-35-27-9-13-29(14-10-27)43-30-15-11-28(12-16-30)36-18-24-3-7-26(8-4-24)34(38)42-22-32-20-40-32/h1-18,31-32H,19-22H2. The Hall–Kier alpha value is -5.12. The highest BCUT2D eigenvalue weighted by atomic mass is 16.6. The van der Waals surface area contributed by atoms with Crippen molar-refractivity contribution in [3.8, 4) is 11.5 Å². The molecule has 216 valence electrons. The zero-order valence-corrected chi connectivity index (χ0v) is 23.1. The van der Waals surface area contributed by atoms with Crippen LogP contribution in [-0.4, -0.2) is 63.0 Å². The zero-order chi connectivity index (χ0) is 29.4. The summed E-state index contributed by atoms with van der Waals surface area (Å²) < 4.78 is 26.5. The Kier molecular flexibility index (Phi) is 8.63. The molecule has 9 nitrogen and oxygen atoms in total. The van der Waals surface area contributed by atoms with Crippen LogP contribution in [0.1, 0.15) is 31.8 Å². The molecule has 0 saturated carbocycles. The average Bonchev–Trinajstić information content (AvgIpc) is 3.98. The second-order valence-corrected chi connectivity index (χ2v) is 9.96. The molecule has 6 rings (SSSR count). The van der Waals surface area contributed by atoms with Gasteiger partial charge in [0.15, 0.2) is 0 Å². The molecule has 0 aliphatic carbocycles. The lowest BCUT2D eigenvalue weighted by Gasteiger charge is -2.06. The molecule has 0 amide bonds. The Bertz CT molecular complexity index is 1480. The van der Waals surface area contributed by atoms with Crippen LogP contribution in [0.3, 0.4) is 0 Å². The van der Waals surface area contributed by atoms with Crippen LogP contribution in [0.4, 0.5) is 11.4 Å². The first-order valence-electron chi connectivity index (χ1n) is 13.8. The third-order valence-corrected chi connectivity index (χ3v) is 6.53. The van der Waals surface area contributed by atoms with E-state index in [1.807, 2.05) is 72.8 Å². The first kappa shape index (κ1) is 28.0. The van der Waals surface area contributed by atoms with Crippen molar-refractivity contribution >= 4 is 35.7 Å². The Morgan fingerprint density at radius 1 is 0.605 bits per heavy atom. The summed E-state index contributed by atoms with van der Waals surface area (Å²) in [6.07, 6.45) is 3.55. The van der Waals surface area contributed by atoms with Gasteiger partial charge in [0.1, 0.15) is 36.9 Å². The van der Waals surface area contributed by atoms with E-state index in [0.717, 1.165) is 22.5 Å². The summed E-state index contributed by atoms with van der Waals surface area (Å²) in [5.74, 6) is 0.635. The van der Waals surface area contributed by atoms with Gasteiger partial charge in [-0.25, -0.2) is 9.59 Å². The summed E-state index contributed by atoms with van der Waals surface area (Å²) in [7, 11) is 0. The van der Waals surface area contributed by atoms with Gasteiger partial charge in [0.05, 0.1) is 35.7 Å². The van der Waals surface area contributed by atoms with Crippen molar-refractivity contribution in [2.45, 2.75) is 12.2 Å². The Morgan fingerprint density at radius 3 is 1.33 bits per heavy atom. The molecule has 9 heteroatoms. The van der Waals surface area contributed by atoms with Gasteiger partial charge in [-0.05, 0) is 83.9 Å². The third kappa shape index (κ3) is 8.45. The van der Waals surface area contributed by atoms with Crippen LogP contribution in [0.15, 0.2) is 107 Å². The predicted molar refractivity (Wildman–Crippen MR) is 160 cm³/mol. The smallest absolute Gasteiger partial charge is 0.338 e. The maximum absolute atomic E-state index is 12.0. The Morgan fingerprint density at radius 2 is 0.977 bits per heavy atom. The van der Waals surface area contributed by atoms with Crippen molar-refractivity contribution < 1.29 is 33.3 Å². The van der Waals surface area contributed by atoms with Crippen LogP contribution in [0.25, 0.3) is 0 Å². The molecule has 2 unspecified atom stereocenters. The number of carbonyl (C=O) groups excluding carboxylic acids is 2. The van der Waals surface area contributed by atoms with Gasteiger partial charge in [0.25, 0.3) is 0 Å². The van der Waals surface area contributed by atoms with E-state index < -0.39 is 0 Å². The average molecular weight is 577 g/mol. The molecule has 2 saturated heterocycles. The Labute approximate surface area is 248 Å². The first-order chi connectivity index (χ1) is 21.1. The van der Waals surface area contributed by atoms with E-state index in [2.05, 4.69) is 9.98 Å². The van der Waals surface area contributed by atoms with Gasteiger partial charge in [-0.1, -0.05) is 24.3 Å². The number of hydrogen-bond donors (Lipinski definition) is 0. The van der Waals surface area contributed by atoms with Crippen molar-refractivity contribution in [1.82, 2.24) is 0 Å². The van der Waals surface area contributed by atoms with Gasteiger partial charge < -0.3 is 23.7 Å². The third-order valence-electron chi connectivity index (χ3n) is 6.53. The van der Waals surface area contributed by atoms with E-state index in [1.165, 1.54) is 0 Å². The quantitative estimate of drug-likeness (QED) is 0.114. The fraction of sp³-hybridized carbons (Fsp3) is 0.176. The van der Waals surface area contributed by atoms with Crippen molar-refractivity contribution in [1.29, 1.82) is 0 Å². The van der Waals surface area contributed by atoms with E-state index in [1.54, 1.807) is 36.7 Å². The summed E-state index contributed by atoms with van der Waals surface area (Å²) in [6, 6.07) is 29.0. The van der Waals surface area contributed by atoms with E-state index in [-0.39, 0.29) is 37.4 Å². The fourth-order valence-corrected chi connectivity index (χ4v) is 3.88. The minimum Gasteiger partial charge on any atom is -0.459 e. The van der Waals surface area contributed by atoms with Crippen LogP contribution in [0, 0.1) is 0 Å². The van der Waals surface area contributed by atoms with Crippen LogP contribution >= 0.6 is 0 Å². The van der Waals surface area contributed by atoms with E-state index in [4.69, 9.17) is 23.7 Å². The molecule has 0 bridgehead atoms. The van der Waals surface area contributed by atoms with Gasteiger partial charge in [-0.15, -0.1) is 0 Å². The minimum absolute atomic E-state index is 0.0444. The molecule has 2 aliphatic rings. The monoisotopic (exact) mass is 576 g/mol. The van der Waals surface area contributed by atoms with Gasteiger partial charge in [0.2, 0.25) is 0 Å². The van der Waals surface area contributed by atoms with Crippen LogP contribution in [0.5, 0.6) is 11.5 Å². The largest absolute Gasteiger partial charge is 0.459 e.